The van der Waals surface area contributed by atoms with Crippen LogP contribution in [0.1, 0.15) is 62.7 Å². The number of hydrogen-bond acceptors (Lipinski definition) is 4. The van der Waals surface area contributed by atoms with E-state index in [1.165, 1.54) is 30.3 Å². The van der Waals surface area contributed by atoms with Gasteiger partial charge < -0.3 is 10.1 Å². The summed E-state index contributed by atoms with van der Waals surface area (Å²) in [7, 11) is -2.28. The quantitative estimate of drug-likeness (QED) is 0.735. The van der Waals surface area contributed by atoms with E-state index in [0.717, 1.165) is 25.7 Å². The highest BCUT2D eigenvalue weighted by molar-refractivity contribution is 7.89. The van der Waals surface area contributed by atoms with Gasteiger partial charge in [-0.2, -0.15) is 4.31 Å². The largest absolute Gasteiger partial charge is 0.495 e. The Hall–Kier alpha value is -1.60. The van der Waals surface area contributed by atoms with Gasteiger partial charge in [-0.1, -0.05) is 39.5 Å². The molecular formula is C19H30N2O4S. The van der Waals surface area contributed by atoms with Gasteiger partial charge in [0.1, 0.15) is 10.6 Å². The van der Waals surface area contributed by atoms with Crippen molar-refractivity contribution in [2.45, 2.75) is 63.3 Å². The first-order chi connectivity index (χ1) is 12.4. The van der Waals surface area contributed by atoms with Crippen molar-refractivity contribution in [2.24, 2.45) is 0 Å². The van der Waals surface area contributed by atoms with Crippen LogP contribution in [-0.2, 0) is 10.0 Å². The maximum absolute atomic E-state index is 12.9. The summed E-state index contributed by atoms with van der Waals surface area (Å²) in [6, 6.07) is 4.76. The molecule has 1 amide bonds. The Morgan fingerprint density at radius 3 is 2.31 bits per heavy atom. The third-order valence-corrected chi connectivity index (χ3v) is 7.01. The summed E-state index contributed by atoms with van der Waals surface area (Å²) in [6.07, 6.45) is 6.62. The predicted molar refractivity (Wildman–Crippen MR) is 102 cm³/mol. The summed E-state index contributed by atoms with van der Waals surface area (Å²) in [6.45, 7) is 4.30. The molecule has 2 rings (SSSR count). The highest BCUT2D eigenvalue weighted by Gasteiger charge is 2.27. The van der Waals surface area contributed by atoms with Gasteiger partial charge in [0.2, 0.25) is 10.0 Å². The second-order valence-corrected chi connectivity index (χ2v) is 8.52. The molecule has 0 atom stereocenters. The van der Waals surface area contributed by atoms with Crippen LogP contribution in [0.25, 0.3) is 0 Å². The standard InChI is InChI=1S/C19H30N2O4S/c1-4-21(5-2)26(23,24)18-14-15(12-13-17(18)25-3)19(22)20-16-10-8-6-7-9-11-16/h12-14,16H,4-11H2,1-3H3,(H,20,22). The molecule has 26 heavy (non-hydrogen) atoms. The van der Waals surface area contributed by atoms with Crippen molar-refractivity contribution in [3.8, 4) is 5.75 Å². The first kappa shape index (κ1) is 20.7. The molecule has 146 valence electrons. The zero-order valence-electron chi connectivity index (χ0n) is 16.0. The third-order valence-electron chi connectivity index (χ3n) is 4.94. The van der Waals surface area contributed by atoms with E-state index in [1.54, 1.807) is 26.0 Å². The maximum Gasteiger partial charge on any atom is 0.251 e. The zero-order valence-corrected chi connectivity index (χ0v) is 16.8. The van der Waals surface area contributed by atoms with Gasteiger partial charge in [0.05, 0.1) is 7.11 Å². The summed E-state index contributed by atoms with van der Waals surface area (Å²) in [5.41, 5.74) is 0.348. The Balaban J connectivity index is 2.29. The van der Waals surface area contributed by atoms with Crippen LogP contribution in [0.15, 0.2) is 23.1 Å². The lowest BCUT2D eigenvalue weighted by Crippen LogP contribution is -2.35. The second-order valence-electron chi connectivity index (χ2n) is 6.62. The van der Waals surface area contributed by atoms with Crippen LogP contribution in [0.2, 0.25) is 0 Å². The molecule has 1 aromatic carbocycles. The number of nitrogens with zero attached hydrogens (tertiary/aromatic N) is 1. The minimum Gasteiger partial charge on any atom is -0.495 e. The number of nitrogens with one attached hydrogen (secondary N) is 1. The number of carbonyl (C=O) groups is 1. The number of sulfonamides is 1. The summed E-state index contributed by atoms with van der Waals surface area (Å²) in [4.78, 5) is 12.7. The van der Waals surface area contributed by atoms with Crippen molar-refractivity contribution >= 4 is 15.9 Å². The smallest absolute Gasteiger partial charge is 0.251 e. The van der Waals surface area contributed by atoms with Crippen LogP contribution in [0.4, 0.5) is 0 Å². The molecule has 0 heterocycles. The van der Waals surface area contributed by atoms with Gasteiger partial charge in [-0.05, 0) is 31.0 Å². The molecule has 0 unspecified atom stereocenters. The molecule has 0 bridgehead atoms. The molecule has 6 nitrogen and oxygen atoms in total. The van der Waals surface area contributed by atoms with Gasteiger partial charge in [-0.15, -0.1) is 0 Å². The monoisotopic (exact) mass is 382 g/mol. The molecule has 0 radical (unpaired) electrons. The summed E-state index contributed by atoms with van der Waals surface area (Å²) in [5, 5.41) is 3.06. The molecule has 7 heteroatoms. The van der Waals surface area contributed by atoms with E-state index in [9.17, 15) is 13.2 Å². The first-order valence-corrected chi connectivity index (χ1v) is 10.9. The summed E-state index contributed by atoms with van der Waals surface area (Å²) >= 11 is 0. The Kier molecular flexibility index (Phi) is 7.46. The minimum atomic E-state index is -3.71. The van der Waals surface area contributed by atoms with E-state index in [-0.39, 0.29) is 22.6 Å². The van der Waals surface area contributed by atoms with Crippen molar-refractivity contribution in [3.05, 3.63) is 23.8 Å². The van der Waals surface area contributed by atoms with Gasteiger partial charge in [0.15, 0.2) is 0 Å². The lowest BCUT2D eigenvalue weighted by atomic mass is 10.1. The number of ether oxygens (including phenoxy) is 1. The van der Waals surface area contributed by atoms with E-state index in [1.807, 2.05) is 0 Å². The number of carbonyl (C=O) groups excluding carboxylic acids is 1. The SMILES string of the molecule is CCN(CC)S(=O)(=O)c1cc(C(=O)NC2CCCCCC2)ccc1OC. The molecule has 0 aromatic heterocycles. The highest BCUT2D eigenvalue weighted by Crippen LogP contribution is 2.28. The zero-order chi connectivity index (χ0) is 19.2. The summed E-state index contributed by atoms with van der Waals surface area (Å²) in [5.74, 6) is 0.0264. The average Bonchev–Trinajstić information content (AvgIpc) is 2.90. The highest BCUT2D eigenvalue weighted by atomic mass is 32.2. The van der Waals surface area contributed by atoms with Crippen molar-refractivity contribution in [3.63, 3.8) is 0 Å². The fourth-order valence-corrected chi connectivity index (χ4v) is 5.05. The Labute approximate surface area is 157 Å². The second kappa shape index (κ2) is 9.37. The number of rotatable bonds is 7. The van der Waals surface area contributed by atoms with Crippen LogP contribution in [0.3, 0.4) is 0 Å². The Morgan fingerprint density at radius 1 is 1.15 bits per heavy atom. The molecule has 1 aromatic rings. The Bertz CT molecular complexity index is 706. The molecule has 1 aliphatic carbocycles. The fourth-order valence-electron chi connectivity index (χ4n) is 3.41. The lowest BCUT2D eigenvalue weighted by Gasteiger charge is -2.21. The third kappa shape index (κ3) is 4.76. The molecule has 0 spiro atoms. The summed E-state index contributed by atoms with van der Waals surface area (Å²) < 4.78 is 32.4. The number of hydrogen-bond donors (Lipinski definition) is 1. The predicted octanol–water partition coefficient (Wildman–Crippen LogP) is 3.18. The molecule has 1 N–H and O–H groups in total. The van der Waals surface area contributed by atoms with Crippen molar-refractivity contribution in [1.29, 1.82) is 0 Å². The molecular weight excluding hydrogens is 352 g/mol. The lowest BCUT2D eigenvalue weighted by molar-refractivity contribution is 0.0933. The fraction of sp³-hybridized carbons (Fsp3) is 0.632. The van der Waals surface area contributed by atoms with Gasteiger partial charge in [-0.25, -0.2) is 8.42 Å². The number of amides is 1. The van der Waals surface area contributed by atoms with Crippen molar-refractivity contribution in [2.75, 3.05) is 20.2 Å². The molecule has 1 fully saturated rings. The van der Waals surface area contributed by atoms with Crippen LogP contribution in [0.5, 0.6) is 5.75 Å². The average molecular weight is 383 g/mol. The first-order valence-electron chi connectivity index (χ1n) is 9.43. The van der Waals surface area contributed by atoms with E-state index < -0.39 is 10.0 Å². The Morgan fingerprint density at radius 2 is 1.77 bits per heavy atom. The topological polar surface area (TPSA) is 75.7 Å². The number of benzene rings is 1. The van der Waals surface area contributed by atoms with E-state index in [4.69, 9.17) is 4.74 Å². The van der Waals surface area contributed by atoms with Gasteiger partial charge in [-0.3, -0.25) is 4.79 Å². The van der Waals surface area contributed by atoms with Crippen LogP contribution < -0.4 is 10.1 Å². The minimum absolute atomic E-state index is 0.0391. The van der Waals surface area contributed by atoms with E-state index in [2.05, 4.69) is 5.32 Å². The van der Waals surface area contributed by atoms with Crippen molar-refractivity contribution < 1.29 is 17.9 Å². The van der Waals surface area contributed by atoms with Gasteiger partial charge >= 0.3 is 0 Å². The van der Waals surface area contributed by atoms with Crippen molar-refractivity contribution in [1.82, 2.24) is 9.62 Å². The van der Waals surface area contributed by atoms with E-state index in [0.29, 0.717) is 18.7 Å². The molecule has 1 aliphatic rings. The normalized spacial score (nSPS) is 16.3. The number of methoxy groups -OCH3 is 1. The molecule has 0 saturated heterocycles. The van der Waals surface area contributed by atoms with Gasteiger partial charge in [0.25, 0.3) is 5.91 Å². The van der Waals surface area contributed by atoms with E-state index >= 15 is 0 Å². The van der Waals surface area contributed by atoms with Gasteiger partial charge in [0, 0.05) is 24.7 Å². The maximum atomic E-state index is 12.9. The molecule has 1 saturated carbocycles. The van der Waals surface area contributed by atoms with Crippen LogP contribution in [0, 0.1) is 0 Å². The molecule has 0 aliphatic heterocycles. The van der Waals surface area contributed by atoms with Crippen LogP contribution >= 0.6 is 0 Å². The van der Waals surface area contributed by atoms with Crippen LogP contribution in [-0.4, -0.2) is 44.9 Å².